The lowest BCUT2D eigenvalue weighted by Crippen LogP contribution is -2.54. The minimum Gasteiger partial charge on any atom is -0.493 e. The average molecular weight is 372 g/mol. The molecular weight excluding hydrogens is 344 g/mol. The molecule has 2 atom stereocenters. The molecule has 0 amide bonds. The zero-order valence-corrected chi connectivity index (χ0v) is 16.3. The van der Waals surface area contributed by atoms with Gasteiger partial charge in [-0.3, -0.25) is 4.90 Å². The summed E-state index contributed by atoms with van der Waals surface area (Å²) in [5, 5.41) is 9.54. The van der Waals surface area contributed by atoms with Crippen LogP contribution in [0.1, 0.15) is 19.4 Å². The highest BCUT2D eigenvalue weighted by Gasteiger charge is 2.35. The van der Waals surface area contributed by atoms with Gasteiger partial charge in [0.2, 0.25) is 10.0 Å². The maximum atomic E-state index is 13.2. The first-order valence-corrected chi connectivity index (χ1v) is 9.79. The average Bonchev–Trinajstić information content (AvgIpc) is 2.53. The van der Waals surface area contributed by atoms with E-state index in [9.17, 15) is 13.5 Å². The van der Waals surface area contributed by atoms with Crippen LogP contribution in [-0.4, -0.2) is 75.3 Å². The van der Waals surface area contributed by atoms with E-state index in [1.165, 1.54) is 24.6 Å². The summed E-state index contributed by atoms with van der Waals surface area (Å²) in [4.78, 5) is 2.32. The van der Waals surface area contributed by atoms with Crippen molar-refractivity contribution in [3.05, 3.63) is 17.7 Å². The molecule has 0 unspecified atom stereocenters. The van der Waals surface area contributed by atoms with Crippen LogP contribution in [0, 0.1) is 6.92 Å². The lowest BCUT2D eigenvalue weighted by molar-refractivity contribution is 0.0840. The zero-order chi connectivity index (χ0) is 18.8. The van der Waals surface area contributed by atoms with Gasteiger partial charge in [0, 0.05) is 38.3 Å². The van der Waals surface area contributed by atoms with Gasteiger partial charge in [-0.05, 0) is 32.4 Å². The van der Waals surface area contributed by atoms with E-state index in [1.807, 2.05) is 6.92 Å². The Hall–Kier alpha value is -1.35. The van der Waals surface area contributed by atoms with Crippen molar-refractivity contribution >= 4 is 10.0 Å². The molecule has 0 aliphatic carbocycles. The first-order valence-electron chi connectivity index (χ1n) is 8.35. The van der Waals surface area contributed by atoms with E-state index in [4.69, 9.17) is 9.47 Å². The van der Waals surface area contributed by atoms with Gasteiger partial charge >= 0.3 is 0 Å². The Bertz CT molecular complexity index is 705. The largest absolute Gasteiger partial charge is 0.493 e. The number of ether oxygens (including phenoxy) is 2. The molecule has 1 aliphatic heterocycles. The van der Waals surface area contributed by atoms with E-state index in [-0.39, 0.29) is 10.9 Å². The first kappa shape index (κ1) is 20.0. The van der Waals surface area contributed by atoms with Crippen LogP contribution in [0.25, 0.3) is 0 Å². The normalized spacial score (nSPS) is 21.1. The van der Waals surface area contributed by atoms with Crippen LogP contribution in [0.3, 0.4) is 0 Å². The van der Waals surface area contributed by atoms with Gasteiger partial charge in [-0.25, -0.2) is 8.42 Å². The zero-order valence-electron chi connectivity index (χ0n) is 15.5. The van der Waals surface area contributed by atoms with Crippen molar-refractivity contribution in [3.63, 3.8) is 0 Å². The van der Waals surface area contributed by atoms with Gasteiger partial charge in [-0.2, -0.15) is 4.31 Å². The van der Waals surface area contributed by atoms with Gasteiger partial charge in [0.05, 0.1) is 25.2 Å². The van der Waals surface area contributed by atoms with Gasteiger partial charge in [0.25, 0.3) is 0 Å². The van der Waals surface area contributed by atoms with Crippen LogP contribution in [0.15, 0.2) is 17.0 Å². The summed E-state index contributed by atoms with van der Waals surface area (Å²) < 4.78 is 38.4. The number of piperazine rings is 1. The number of aliphatic hydroxyl groups is 1. The molecule has 0 saturated carbocycles. The number of rotatable bonds is 6. The van der Waals surface area contributed by atoms with Crippen molar-refractivity contribution in [1.29, 1.82) is 0 Å². The van der Waals surface area contributed by atoms with Gasteiger partial charge in [0.1, 0.15) is 0 Å². The van der Waals surface area contributed by atoms with Crippen LogP contribution in [0.5, 0.6) is 11.5 Å². The van der Waals surface area contributed by atoms with E-state index in [0.717, 1.165) is 0 Å². The molecule has 25 heavy (non-hydrogen) atoms. The maximum Gasteiger partial charge on any atom is 0.243 e. The number of sulfonamides is 1. The molecule has 0 aromatic heterocycles. The van der Waals surface area contributed by atoms with Crippen molar-refractivity contribution in [2.24, 2.45) is 0 Å². The molecule has 2 rings (SSSR count). The molecule has 142 valence electrons. The summed E-state index contributed by atoms with van der Waals surface area (Å²) in [7, 11) is -0.633. The smallest absolute Gasteiger partial charge is 0.243 e. The SMILES string of the molecule is COc1cc(C)c(S(=O)(=O)N2CCN(C[C@H](C)O)C[C@H]2C)cc1OC. The molecule has 8 heteroatoms. The molecule has 1 aromatic carbocycles. The number of nitrogens with zero attached hydrogens (tertiary/aromatic N) is 2. The van der Waals surface area contributed by atoms with E-state index < -0.39 is 16.1 Å². The number of aliphatic hydroxyl groups excluding tert-OH is 1. The summed E-state index contributed by atoms with van der Waals surface area (Å²) in [6.07, 6.45) is -0.427. The summed E-state index contributed by atoms with van der Waals surface area (Å²) in [5.41, 5.74) is 0.622. The number of hydrogen-bond donors (Lipinski definition) is 1. The number of aryl methyl sites for hydroxylation is 1. The highest BCUT2D eigenvalue weighted by atomic mass is 32.2. The summed E-state index contributed by atoms with van der Waals surface area (Å²) in [5.74, 6) is 0.904. The Kier molecular flexibility index (Phi) is 6.31. The molecule has 1 aromatic rings. The highest BCUT2D eigenvalue weighted by molar-refractivity contribution is 7.89. The Morgan fingerprint density at radius 2 is 1.84 bits per heavy atom. The molecule has 0 radical (unpaired) electrons. The van der Waals surface area contributed by atoms with Crippen LogP contribution < -0.4 is 9.47 Å². The lowest BCUT2D eigenvalue weighted by Gasteiger charge is -2.39. The van der Waals surface area contributed by atoms with E-state index in [0.29, 0.717) is 43.2 Å². The Balaban J connectivity index is 2.30. The van der Waals surface area contributed by atoms with E-state index in [1.54, 1.807) is 19.9 Å². The quantitative estimate of drug-likeness (QED) is 0.805. The van der Waals surface area contributed by atoms with E-state index in [2.05, 4.69) is 4.90 Å². The van der Waals surface area contributed by atoms with Gasteiger partial charge < -0.3 is 14.6 Å². The number of hydrogen-bond acceptors (Lipinski definition) is 6. The molecule has 1 saturated heterocycles. The third kappa shape index (κ3) is 4.25. The number of methoxy groups -OCH3 is 2. The van der Waals surface area contributed by atoms with Crippen molar-refractivity contribution in [2.75, 3.05) is 40.4 Å². The van der Waals surface area contributed by atoms with Crippen molar-refractivity contribution in [1.82, 2.24) is 9.21 Å². The van der Waals surface area contributed by atoms with Crippen molar-refractivity contribution < 1.29 is 23.0 Å². The van der Waals surface area contributed by atoms with Crippen LogP contribution in [-0.2, 0) is 10.0 Å². The van der Waals surface area contributed by atoms with Gasteiger partial charge in [-0.15, -0.1) is 0 Å². The third-order valence-corrected chi connectivity index (χ3v) is 6.60. The molecule has 7 nitrogen and oxygen atoms in total. The predicted molar refractivity (Wildman–Crippen MR) is 95.8 cm³/mol. The maximum absolute atomic E-state index is 13.2. The minimum absolute atomic E-state index is 0.176. The predicted octanol–water partition coefficient (Wildman–Crippen LogP) is 1.09. The molecule has 1 heterocycles. The van der Waals surface area contributed by atoms with Crippen LogP contribution in [0.4, 0.5) is 0 Å². The van der Waals surface area contributed by atoms with Crippen LogP contribution >= 0.6 is 0 Å². The molecule has 1 fully saturated rings. The van der Waals surface area contributed by atoms with Crippen LogP contribution in [0.2, 0.25) is 0 Å². The fourth-order valence-corrected chi connectivity index (χ4v) is 5.12. The Morgan fingerprint density at radius 1 is 1.24 bits per heavy atom. The summed E-state index contributed by atoms with van der Waals surface area (Å²) >= 11 is 0. The fraction of sp³-hybridized carbons (Fsp3) is 0.647. The monoisotopic (exact) mass is 372 g/mol. The third-order valence-electron chi connectivity index (χ3n) is 4.44. The molecule has 1 N–H and O–H groups in total. The summed E-state index contributed by atoms with van der Waals surface area (Å²) in [6.45, 7) is 7.51. The molecular formula is C17H28N2O5S. The highest BCUT2D eigenvalue weighted by Crippen LogP contribution is 2.34. The minimum atomic E-state index is -3.64. The van der Waals surface area contributed by atoms with Gasteiger partial charge in [-0.1, -0.05) is 0 Å². The molecule has 0 bridgehead atoms. The summed E-state index contributed by atoms with van der Waals surface area (Å²) in [6, 6.07) is 3.03. The number of β-amino-alcohol motifs (C(OH)–C–C–N with tert-alkyl or cyclic N) is 1. The van der Waals surface area contributed by atoms with Crippen molar-refractivity contribution in [2.45, 2.75) is 37.8 Å². The second-order valence-corrected chi connectivity index (χ2v) is 8.41. The first-order chi connectivity index (χ1) is 11.7. The Morgan fingerprint density at radius 3 is 2.36 bits per heavy atom. The molecule has 0 spiro atoms. The molecule has 1 aliphatic rings. The lowest BCUT2D eigenvalue weighted by atomic mass is 10.2. The van der Waals surface area contributed by atoms with Gasteiger partial charge in [0.15, 0.2) is 11.5 Å². The Labute approximate surface area is 150 Å². The topological polar surface area (TPSA) is 79.3 Å². The fourth-order valence-electron chi connectivity index (χ4n) is 3.28. The standard InChI is InChI=1S/C17H28N2O5S/c1-12-8-15(23-4)16(24-5)9-17(12)25(21,22)19-7-6-18(10-13(19)2)11-14(3)20/h8-9,13-14,20H,6-7,10-11H2,1-5H3/t13-,14+/m1/s1. The van der Waals surface area contributed by atoms with E-state index >= 15 is 0 Å². The number of benzene rings is 1. The van der Waals surface area contributed by atoms with Crippen molar-refractivity contribution in [3.8, 4) is 11.5 Å². The second-order valence-electron chi connectivity index (χ2n) is 6.55. The second kappa shape index (κ2) is 7.90.